The summed E-state index contributed by atoms with van der Waals surface area (Å²) in [6.45, 7) is -0.274. The number of ether oxygens (including phenoxy) is 4. The van der Waals surface area contributed by atoms with Gasteiger partial charge < -0.3 is 30.4 Å². The summed E-state index contributed by atoms with van der Waals surface area (Å²) in [5.74, 6) is -0.533. The molecule has 2 spiro atoms. The summed E-state index contributed by atoms with van der Waals surface area (Å²) in [7, 11) is -4.70. The number of fused-ring (bicyclic) bond motifs is 7. The summed E-state index contributed by atoms with van der Waals surface area (Å²) >= 11 is 5.66. The minimum Gasteiger partial charge on any atom is -0.382 e. The molecule has 9 heterocycles. The van der Waals surface area contributed by atoms with Crippen molar-refractivity contribution in [3.63, 3.8) is 0 Å². The molecule has 4 aromatic heterocycles. The third kappa shape index (κ3) is 3.70. The first-order valence-electron chi connectivity index (χ1n) is 14.0. The van der Waals surface area contributed by atoms with Crippen molar-refractivity contribution in [3.8, 4) is 0 Å². The first-order valence-corrected chi connectivity index (χ1v) is 17.7. The molecule has 4 aromatic rings. The lowest BCUT2D eigenvalue weighted by Gasteiger charge is -2.63. The van der Waals surface area contributed by atoms with Crippen LogP contribution in [0.4, 0.5) is 11.8 Å². The number of methoxy groups -OCH3 is 1. The average molecular weight is 695 g/mol. The van der Waals surface area contributed by atoms with Gasteiger partial charge in [-0.25, -0.2) is 33.1 Å². The van der Waals surface area contributed by atoms with E-state index >= 15 is 0 Å². The van der Waals surface area contributed by atoms with Gasteiger partial charge in [-0.15, -0.1) is 9.05 Å². The van der Waals surface area contributed by atoms with Gasteiger partial charge in [-0.3, -0.25) is 18.9 Å². The molecule has 0 aromatic carbocycles. The lowest BCUT2D eigenvalue weighted by atomic mass is 9.61. The molecule has 0 amide bonds. The van der Waals surface area contributed by atoms with Gasteiger partial charge in [-0.2, -0.15) is 4.98 Å². The maximum absolute atomic E-state index is 14.0. The SMILES string of the molecule is CO[C@H]1[C@H]2O[P+](=S)OC[C@]34C[C@@]5(O[C@H](C35)[C@H](n3cnc5c(N)ncnc53)O4)S(=O)(=O)NC[C@H]1O[C@H]2n1cnc2c(=O)[nH]c(N)nc21. The second-order valence-corrected chi connectivity index (χ2v) is 15.5. The highest BCUT2D eigenvalue weighted by Gasteiger charge is 2.86. The smallest absolute Gasteiger partial charge is 0.382 e. The van der Waals surface area contributed by atoms with Gasteiger partial charge in [-0.05, 0) is 0 Å². The zero-order chi connectivity index (χ0) is 31.7. The number of nitrogens with two attached hydrogens (primary N) is 2. The molecule has 6 fully saturated rings. The average Bonchev–Trinajstić information content (AvgIpc) is 3.72. The first-order chi connectivity index (χ1) is 22.1. The Kier molecular flexibility index (Phi) is 6.04. The Hall–Kier alpha value is -3.31. The first kappa shape index (κ1) is 28.9. The molecule has 46 heavy (non-hydrogen) atoms. The van der Waals surface area contributed by atoms with E-state index in [1.54, 1.807) is 4.57 Å². The highest BCUT2D eigenvalue weighted by Crippen LogP contribution is 2.71. The van der Waals surface area contributed by atoms with E-state index in [2.05, 4.69) is 34.6 Å². The molecule has 5 saturated heterocycles. The van der Waals surface area contributed by atoms with E-state index in [-0.39, 0.29) is 42.5 Å². The monoisotopic (exact) mass is 694 g/mol. The fraction of sp³-hybridized carbons (Fsp3) is 0.565. The predicted octanol–water partition coefficient (Wildman–Crippen LogP) is -1.47. The van der Waals surface area contributed by atoms with Crippen LogP contribution in [0, 0.1) is 5.92 Å². The Balaban J connectivity index is 1.07. The van der Waals surface area contributed by atoms with Crippen LogP contribution in [0.3, 0.4) is 0 Å². The summed E-state index contributed by atoms with van der Waals surface area (Å²) < 4.78 is 71.0. The van der Waals surface area contributed by atoms with Gasteiger partial charge in [0.2, 0.25) is 27.8 Å². The number of nitrogen functional groups attached to an aromatic ring is 2. The van der Waals surface area contributed by atoms with Crippen molar-refractivity contribution in [2.75, 3.05) is 31.7 Å². The minimum absolute atomic E-state index is 0.0107. The van der Waals surface area contributed by atoms with Crippen LogP contribution in [0.2, 0.25) is 0 Å². The number of hydrogen-bond donors (Lipinski definition) is 4. The van der Waals surface area contributed by atoms with Crippen molar-refractivity contribution < 1.29 is 36.4 Å². The topological polar surface area (TPSA) is 261 Å². The second-order valence-electron chi connectivity index (χ2n) is 11.7. The van der Waals surface area contributed by atoms with Crippen molar-refractivity contribution in [1.29, 1.82) is 0 Å². The summed E-state index contributed by atoms with van der Waals surface area (Å²) in [6.07, 6.45) is -0.861. The van der Waals surface area contributed by atoms with Crippen molar-refractivity contribution >= 4 is 63.1 Å². The molecule has 1 aliphatic carbocycles. The molecule has 6 aliphatic rings. The maximum atomic E-state index is 14.0. The van der Waals surface area contributed by atoms with E-state index in [9.17, 15) is 13.2 Å². The van der Waals surface area contributed by atoms with Gasteiger partial charge in [0, 0.05) is 20.1 Å². The van der Waals surface area contributed by atoms with Crippen LogP contribution in [0.25, 0.3) is 22.3 Å². The molecule has 6 N–H and O–H groups in total. The fourth-order valence-corrected chi connectivity index (χ4v) is 10.7. The molecule has 20 nitrogen and oxygen atoms in total. The van der Waals surface area contributed by atoms with Gasteiger partial charge in [0.1, 0.15) is 42.4 Å². The largest absolute Gasteiger partial charge is 0.522 e. The summed E-state index contributed by atoms with van der Waals surface area (Å²) in [5, 5.41) is 0. The summed E-state index contributed by atoms with van der Waals surface area (Å²) in [6, 6.07) is 0. The number of rotatable bonds is 3. The normalized spacial score (nSPS) is 38.8. The number of H-pyrrole nitrogens is 1. The van der Waals surface area contributed by atoms with Gasteiger partial charge >= 0.3 is 7.15 Å². The number of aromatic nitrogens is 8. The molecule has 242 valence electrons. The van der Waals surface area contributed by atoms with Crippen LogP contribution in [-0.2, 0) is 49.8 Å². The number of aromatic amines is 1. The number of nitrogens with one attached hydrogen (secondary N) is 2. The Morgan fingerprint density at radius 1 is 1.09 bits per heavy atom. The molecular formula is C23H25N11O9PS2+. The zero-order valence-corrected chi connectivity index (χ0v) is 26.1. The molecule has 5 aliphatic heterocycles. The Morgan fingerprint density at radius 3 is 2.67 bits per heavy atom. The minimum atomic E-state index is -4.12. The second kappa shape index (κ2) is 9.62. The molecular weight excluding hydrogens is 669 g/mol. The lowest BCUT2D eigenvalue weighted by Crippen LogP contribution is -2.81. The van der Waals surface area contributed by atoms with Gasteiger partial charge in [0.05, 0.1) is 18.6 Å². The van der Waals surface area contributed by atoms with E-state index in [1.807, 2.05) is 0 Å². The van der Waals surface area contributed by atoms with Crippen molar-refractivity contribution in [2.24, 2.45) is 5.92 Å². The van der Waals surface area contributed by atoms with Crippen LogP contribution >= 0.6 is 7.15 Å². The van der Waals surface area contributed by atoms with Crippen LogP contribution in [-0.4, -0.2) is 103 Å². The molecule has 10 atom stereocenters. The highest BCUT2D eigenvalue weighted by atomic mass is 32.4. The van der Waals surface area contributed by atoms with E-state index in [4.69, 9.17) is 51.3 Å². The fourth-order valence-electron chi connectivity index (χ4n) is 7.44. The van der Waals surface area contributed by atoms with Crippen LogP contribution in [0.15, 0.2) is 23.8 Å². The van der Waals surface area contributed by atoms with E-state index < -0.39 is 76.1 Å². The number of sulfonamides is 1. The summed E-state index contributed by atoms with van der Waals surface area (Å²) in [4.78, 5) is 34.3. The highest BCUT2D eigenvalue weighted by molar-refractivity contribution is 8.00. The van der Waals surface area contributed by atoms with Crippen LogP contribution < -0.4 is 21.7 Å². The third-order valence-corrected chi connectivity index (χ3v) is 12.7. The predicted molar refractivity (Wildman–Crippen MR) is 158 cm³/mol. The van der Waals surface area contributed by atoms with Gasteiger partial charge in [-0.1, -0.05) is 0 Å². The van der Waals surface area contributed by atoms with Crippen LogP contribution in [0.1, 0.15) is 18.9 Å². The van der Waals surface area contributed by atoms with Crippen molar-refractivity contribution in [1.82, 2.24) is 43.8 Å². The summed E-state index contributed by atoms with van der Waals surface area (Å²) in [5.41, 5.74) is 11.1. The van der Waals surface area contributed by atoms with Gasteiger partial charge in [0.15, 0.2) is 46.1 Å². The maximum Gasteiger partial charge on any atom is 0.522 e. The molecule has 23 heteroatoms. The number of nitrogens with zero attached hydrogens (tertiary/aromatic N) is 7. The zero-order valence-electron chi connectivity index (χ0n) is 23.6. The molecule has 10 rings (SSSR count). The Bertz CT molecular complexity index is 2130. The van der Waals surface area contributed by atoms with E-state index in [1.165, 1.54) is 30.7 Å². The number of anilines is 2. The third-order valence-electron chi connectivity index (χ3n) is 9.38. The number of imidazole rings is 2. The number of hydrogen-bond acceptors (Lipinski definition) is 17. The quantitative estimate of drug-likeness (QED) is 0.178. The molecule has 0 radical (unpaired) electrons. The van der Waals surface area contributed by atoms with Crippen molar-refractivity contribution in [3.05, 3.63) is 29.3 Å². The molecule has 4 bridgehead atoms. The Labute approximate surface area is 263 Å². The van der Waals surface area contributed by atoms with E-state index in [0.29, 0.717) is 11.2 Å². The Morgan fingerprint density at radius 2 is 1.87 bits per heavy atom. The van der Waals surface area contributed by atoms with E-state index in [0.717, 1.165) is 0 Å². The molecule has 2 unspecified atom stereocenters. The lowest BCUT2D eigenvalue weighted by molar-refractivity contribution is -0.298. The van der Waals surface area contributed by atoms with Crippen LogP contribution in [0.5, 0.6) is 0 Å². The standard InChI is InChI=1S/C23H24N11O9PS2/c1-38-11-8-2-30-46(36,37)23-3-22(14(23)13(41-23)20(42-22)33-6-28-9-15(24)26-5-27-16(9)33)4-39-44(45)43-12(11)19(40-8)34-7-29-10-17(34)31-21(25)32-18(10)35/h5-8,11-14,19-20,30H,2-4H2,1H3,(H4-,24,25,26,27,31,32,35)/p+1/t8-,11-,12-,13-,14?,19-,20-,22-,23-/m1/s1. The van der Waals surface area contributed by atoms with Crippen molar-refractivity contribution in [2.45, 2.75) is 53.8 Å². The van der Waals surface area contributed by atoms with Gasteiger partial charge in [0.25, 0.3) is 5.56 Å². The molecule has 1 saturated carbocycles.